The Balaban J connectivity index is 1.78. The van der Waals surface area contributed by atoms with Crippen LogP contribution < -0.4 is 11.1 Å². The molecule has 0 bridgehead atoms. The molecule has 2 amide bonds. The number of carbonyl (C=O) groups is 2. The van der Waals surface area contributed by atoms with Gasteiger partial charge in [0.1, 0.15) is 6.04 Å². The molecule has 0 spiro atoms. The van der Waals surface area contributed by atoms with Gasteiger partial charge >= 0.3 is 12.0 Å². The van der Waals surface area contributed by atoms with Crippen LogP contribution in [0.15, 0.2) is 24.3 Å². The van der Waals surface area contributed by atoms with E-state index in [2.05, 4.69) is 5.32 Å². The third kappa shape index (κ3) is 2.41. The third-order valence-electron chi connectivity index (χ3n) is 4.61. The second-order valence-corrected chi connectivity index (χ2v) is 5.81. The van der Waals surface area contributed by atoms with Crippen molar-refractivity contribution in [1.29, 1.82) is 0 Å². The van der Waals surface area contributed by atoms with E-state index in [1.54, 1.807) is 24.3 Å². The first-order chi connectivity index (χ1) is 10.1. The number of rotatable bonds is 2. The molecule has 6 nitrogen and oxygen atoms in total. The number of fused-ring (bicyclic) bond motifs is 1. The van der Waals surface area contributed by atoms with Crippen molar-refractivity contribution < 1.29 is 14.7 Å². The number of amides is 2. The van der Waals surface area contributed by atoms with Gasteiger partial charge in [0.2, 0.25) is 0 Å². The number of anilines is 2. The maximum Gasteiger partial charge on any atom is 0.326 e. The Morgan fingerprint density at radius 2 is 2.05 bits per heavy atom. The van der Waals surface area contributed by atoms with E-state index in [1.807, 2.05) is 0 Å². The minimum absolute atomic E-state index is 0.0846. The number of nitrogens with two attached hydrogens (primary N) is 1. The Labute approximate surface area is 122 Å². The second kappa shape index (κ2) is 5.27. The van der Waals surface area contributed by atoms with Crippen molar-refractivity contribution in [2.45, 2.75) is 25.3 Å². The lowest BCUT2D eigenvalue weighted by molar-refractivity contribution is -0.142. The number of nitrogen functional groups attached to an aromatic ring is 1. The summed E-state index contributed by atoms with van der Waals surface area (Å²) in [6, 6.07) is 5.87. The number of hydrogen-bond donors (Lipinski definition) is 3. The molecule has 6 heteroatoms. The molecule has 0 radical (unpaired) electrons. The van der Waals surface area contributed by atoms with E-state index >= 15 is 0 Å². The molecule has 4 N–H and O–H groups in total. The van der Waals surface area contributed by atoms with Gasteiger partial charge in [-0.05, 0) is 36.8 Å². The van der Waals surface area contributed by atoms with Gasteiger partial charge in [-0.15, -0.1) is 0 Å². The standard InChI is InChI=1S/C15H19N3O3/c16-11-6-1-2-7-12(11)17-15(21)18-8-9-4-3-5-10(9)13(18)14(19)20/h1-2,6-7,9-10,13H,3-5,8,16H2,(H,17,21)(H,19,20). The molecular formula is C15H19N3O3. The number of benzene rings is 1. The van der Waals surface area contributed by atoms with Crippen LogP contribution in [0.5, 0.6) is 0 Å². The zero-order valence-electron chi connectivity index (χ0n) is 11.7. The smallest absolute Gasteiger partial charge is 0.326 e. The molecule has 2 fully saturated rings. The highest BCUT2D eigenvalue weighted by atomic mass is 16.4. The number of nitrogens with one attached hydrogen (secondary N) is 1. The van der Waals surface area contributed by atoms with E-state index in [4.69, 9.17) is 5.73 Å². The first-order valence-corrected chi connectivity index (χ1v) is 7.23. The summed E-state index contributed by atoms with van der Waals surface area (Å²) < 4.78 is 0. The fraction of sp³-hybridized carbons (Fsp3) is 0.467. The Hall–Kier alpha value is -2.24. The average molecular weight is 289 g/mol. The summed E-state index contributed by atoms with van der Waals surface area (Å²) in [5.41, 5.74) is 6.79. The van der Waals surface area contributed by atoms with E-state index in [-0.39, 0.29) is 11.9 Å². The highest BCUT2D eigenvalue weighted by Crippen LogP contribution is 2.42. The van der Waals surface area contributed by atoms with E-state index < -0.39 is 12.0 Å². The van der Waals surface area contributed by atoms with Gasteiger partial charge in [0.05, 0.1) is 11.4 Å². The zero-order valence-corrected chi connectivity index (χ0v) is 11.7. The number of hydrogen-bond acceptors (Lipinski definition) is 3. The summed E-state index contributed by atoms with van der Waals surface area (Å²) in [5.74, 6) is -0.521. The van der Waals surface area contributed by atoms with Crippen molar-refractivity contribution in [3.8, 4) is 0 Å². The Bertz CT molecular complexity index is 575. The van der Waals surface area contributed by atoms with Crippen molar-refractivity contribution in [3.63, 3.8) is 0 Å². The van der Waals surface area contributed by atoms with Gasteiger partial charge in [0, 0.05) is 6.54 Å². The average Bonchev–Trinajstić information content (AvgIpc) is 3.00. The number of urea groups is 1. The van der Waals surface area contributed by atoms with Crippen LogP contribution in [0.4, 0.5) is 16.2 Å². The van der Waals surface area contributed by atoms with Gasteiger partial charge in [-0.3, -0.25) is 0 Å². The van der Waals surface area contributed by atoms with Crippen molar-refractivity contribution in [1.82, 2.24) is 4.90 Å². The van der Waals surface area contributed by atoms with Crippen LogP contribution in [0.1, 0.15) is 19.3 Å². The highest BCUT2D eigenvalue weighted by molar-refractivity contribution is 5.95. The maximum atomic E-state index is 12.4. The third-order valence-corrected chi connectivity index (χ3v) is 4.61. The maximum absolute atomic E-state index is 12.4. The monoisotopic (exact) mass is 289 g/mol. The molecule has 3 atom stereocenters. The fourth-order valence-electron chi connectivity index (χ4n) is 3.63. The lowest BCUT2D eigenvalue weighted by Crippen LogP contribution is -2.45. The van der Waals surface area contributed by atoms with Crippen LogP contribution in [-0.2, 0) is 4.79 Å². The van der Waals surface area contributed by atoms with E-state index in [0.717, 1.165) is 19.3 Å². The predicted octanol–water partition coefficient (Wildman–Crippen LogP) is 1.99. The van der Waals surface area contributed by atoms with Crippen molar-refractivity contribution in [2.75, 3.05) is 17.6 Å². The SMILES string of the molecule is Nc1ccccc1NC(=O)N1CC2CCCC2C1C(=O)O. The van der Waals surface area contributed by atoms with Crippen molar-refractivity contribution in [2.24, 2.45) is 11.8 Å². The first kappa shape index (κ1) is 13.7. The first-order valence-electron chi connectivity index (χ1n) is 7.23. The van der Waals surface area contributed by atoms with Crippen LogP contribution in [0.25, 0.3) is 0 Å². The number of carboxylic acid groups (broad SMARTS) is 1. The molecule has 1 heterocycles. The molecule has 112 valence electrons. The summed E-state index contributed by atoms with van der Waals surface area (Å²) in [6.07, 6.45) is 2.95. The number of nitrogens with zero attached hydrogens (tertiary/aromatic N) is 1. The molecule has 1 saturated heterocycles. The van der Waals surface area contributed by atoms with Gasteiger partial charge in [-0.1, -0.05) is 18.6 Å². The molecule has 3 rings (SSSR count). The van der Waals surface area contributed by atoms with E-state index in [1.165, 1.54) is 4.90 Å². The topological polar surface area (TPSA) is 95.7 Å². The number of likely N-dealkylation sites (tertiary alicyclic amines) is 1. The molecule has 1 aliphatic heterocycles. The van der Waals surface area contributed by atoms with Crippen LogP contribution in [0.2, 0.25) is 0 Å². The number of para-hydroxylation sites is 2. The van der Waals surface area contributed by atoms with E-state index in [9.17, 15) is 14.7 Å². The number of carbonyl (C=O) groups excluding carboxylic acids is 1. The van der Waals surface area contributed by atoms with Crippen LogP contribution in [-0.4, -0.2) is 34.6 Å². The van der Waals surface area contributed by atoms with Crippen molar-refractivity contribution >= 4 is 23.4 Å². The summed E-state index contributed by atoms with van der Waals surface area (Å²) in [6.45, 7) is 0.514. The van der Waals surface area contributed by atoms with Gasteiger partial charge in [-0.25, -0.2) is 9.59 Å². The summed E-state index contributed by atoms with van der Waals surface area (Å²) >= 11 is 0. The summed E-state index contributed by atoms with van der Waals surface area (Å²) in [7, 11) is 0. The molecule has 1 saturated carbocycles. The summed E-state index contributed by atoms with van der Waals surface area (Å²) in [5, 5.41) is 12.2. The Kier molecular flexibility index (Phi) is 3.45. The lowest BCUT2D eigenvalue weighted by Gasteiger charge is -2.24. The van der Waals surface area contributed by atoms with Gasteiger partial charge < -0.3 is 21.1 Å². The highest BCUT2D eigenvalue weighted by Gasteiger charge is 2.49. The summed E-state index contributed by atoms with van der Waals surface area (Å²) in [4.78, 5) is 25.4. The fourth-order valence-corrected chi connectivity index (χ4v) is 3.63. The molecule has 2 aliphatic rings. The van der Waals surface area contributed by atoms with Gasteiger partial charge in [-0.2, -0.15) is 0 Å². The molecule has 3 unspecified atom stereocenters. The van der Waals surface area contributed by atoms with E-state index in [0.29, 0.717) is 23.8 Å². The molecule has 21 heavy (non-hydrogen) atoms. The number of carboxylic acids is 1. The normalized spacial score (nSPS) is 27.4. The molecular weight excluding hydrogens is 270 g/mol. The van der Waals surface area contributed by atoms with Crippen LogP contribution in [0, 0.1) is 11.8 Å². The molecule has 1 aliphatic carbocycles. The lowest BCUT2D eigenvalue weighted by atomic mass is 9.94. The van der Waals surface area contributed by atoms with Gasteiger partial charge in [0.15, 0.2) is 0 Å². The zero-order chi connectivity index (χ0) is 15.0. The Morgan fingerprint density at radius 1 is 1.29 bits per heavy atom. The molecule has 1 aromatic rings. The molecule has 1 aromatic carbocycles. The predicted molar refractivity (Wildman–Crippen MR) is 78.8 cm³/mol. The second-order valence-electron chi connectivity index (χ2n) is 5.81. The quantitative estimate of drug-likeness (QED) is 0.725. The van der Waals surface area contributed by atoms with Crippen LogP contribution >= 0.6 is 0 Å². The minimum atomic E-state index is -0.916. The Morgan fingerprint density at radius 3 is 2.76 bits per heavy atom. The van der Waals surface area contributed by atoms with Crippen LogP contribution in [0.3, 0.4) is 0 Å². The largest absolute Gasteiger partial charge is 0.480 e. The number of aliphatic carboxylic acids is 1. The molecule has 0 aromatic heterocycles. The van der Waals surface area contributed by atoms with Gasteiger partial charge in [0.25, 0.3) is 0 Å². The van der Waals surface area contributed by atoms with Crippen molar-refractivity contribution in [3.05, 3.63) is 24.3 Å². The minimum Gasteiger partial charge on any atom is -0.480 e.